The molecule has 1 aliphatic carbocycles. The topological polar surface area (TPSA) is 98.3 Å². The van der Waals surface area contributed by atoms with E-state index in [1.165, 1.54) is 6.07 Å². The van der Waals surface area contributed by atoms with Gasteiger partial charge in [-0.15, -0.1) is 0 Å². The molecule has 3 N–H and O–H groups in total. The largest absolute Gasteiger partial charge is 0.319 e. The van der Waals surface area contributed by atoms with Crippen LogP contribution in [0.25, 0.3) is 0 Å². The Kier molecular flexibility index (Phi) is 4.04. The number of nitrogens with zero attached hydrogens (tertiary/aromatic N) is 1. The van der Waals surface area contributed by atoms with Crippen molar-refractivity contribution in [2.75, 3.05) is 5.32 Å². The van der Waals surface area contributed by atoms with Gasteiger partial charge in [0.1, 0.15) is 5.69 Å². The molecule has 1 saturated carbocycles. The first-order chi connectivity index (χ1) is 9.42. The molecule has 0 aromatic heterocycles. The lowest BCUT2D eigenvalue weighted by molar-refractivity contribution is -0.384. The minimum Gasteiger partial charge on any atom is -0.319 e. The third-order valence-electron chi connectivity index (χ3n) is 3.80. The Hall–Kier alpha value is -1.95. The van der Waals surface area contributed by atoms with Gasteiger partial charge in [0.15, 0.2) is 0 Å². The number of hydrogen-bond acceptors (Lipinski definition) is 4. The van der Waals surface area contributed by atoms with E-state index >= 15 is 0 Å². The van der Waals surface area contributed by atoms with Crippen LogP contribution in [-0.4, -0.2) is 16.4 Å². The lowest BCUT2D eigenvalue weighted by Gasteiger charge is -2.31. The SMILES string of the molecule is Cc1ccc(NC(=O)C2(N)CCCCC2)c([N+](=O)[O-])c1. The molecule has 1 aliphatic rings. The predicted octanol–water partition coefficient (Wildman–Crippen LogP) is 2.50. The second kappa shape index (κ2) is 5.58. The fraction of sp³-hybridized carbons (Fsp3) is 0.500. The first-order valence-electron chi connectivity index (χ1n) is 6.78. The quantitative estimate of drug-likeness (QED) is 0.655. The summed E-state index contributed by atoms with van der Waals surface area (Å²) in [6.07, 6.45) is 4.16. The van der Waals surface area contributed by atoms with E-state index in [9.17, 15) is 14.9 Å². The Balaban J connectivity index is 2.21. The number of rotatable bonds is 3. The third kappa shape index (κ3) is 2.96. The van der Waals surface area contributed by atoms with Crippen LogP contribution in [0.3, 0.4) is 0 Å². The zero-order valence-corrected chi connectivity index (χ0v) is 11.5. The van der Waals surface area contributed by atoms with Gasteiger partial charge in [-0.05, 0) is 31.4 Å². The van der Waals surface area contributed by atoms with Crippen LogP contribution in [0.5, 0.6) is 0 Å². The van der Waals surface area contributed by atoms with Crippen molar-refractivity contribution in [3.8, 4) is 0 Å². The standard InChI is InChI=1S/C14H19N3O3/c1-10-5-6-11(12(9-10)17(19)20)16-13(18)14(15)7-3-2-4-8-14/h5-6,9H,2-4,7-8,15H2,1H3,(H,16,18). The molecule has 2 rings (SSSR count). The first kappa shape index (κ1) is 14.5. The Morgan fingerprint density at radius 1 is 1.35 bits per heavy atom. The van der Waals surface area contributed by atoms with Crippen LogP contribution in [0.2, 0.25) is 0 Å². The van der Waals surface area contributed by atoms with Gasteiger partial charge in [0.2, 0.25) is 5.91 Å². The van der Waals surface area contributed by atoms with E-state index in [4.69, 9.17) is 5.73 Å². The molecule has 108 valence electrons. The van der Waals surface area contributed by atoms with Crippen LogP contribution in [-0.2, 0) is 4.79 Å². The predicted molar refractivity (Wildman–Crippen MR) is 76.5 cm³/mol. The maximum Gasteiger partial charge on any atom is 0.293 e. The van der Waals surface area contributed by atoms with Gasteiger partial charge in [0, 0.05) is 6.07 Å². The van der Waals surface area contributed by atoms with Gasteiger partial charge < -0.3 is 11.1 Å². The number of carbonyl (C=O) groups excluding carboxylic acids is 1. The lowest BCUT2D eigenvalue weighted by Crippen LogP contribution is -2.52. The molecule has 1 aromatic carbocycles. The van der Waals surface area contributed by atoms with Crippen LogP contribution >= 0.6 is 0 Å². The lowest BCUT2D eigenvalue weighted by atomic mass is 9.82. The van der Waals surface area contributed by atoms with Crippen molar-refractivity contribution >= 4 is 17.3 Å². The monoisotopic (exact) mass is 277 g/mol. The average molecular weight is 277 g/mol. The fourth-order valence-electron chi connectivity index (χ4n) is 2.55. The molecular weight excluding hydrogens is 258 g/mol. The first-order valence-corrected chi connectivity index (χ1v) is 6.78. The highest BCUT2D eigenvalue weighted by atomic mass is 16.6. The number of nitro groups is 1. The second-order valence-electron chi connectivity index (χ2n) is 5.45. The number of aryl methyl sites for hydroxylation is 1. The van der Waals surface area contributed by atoms with Crippen LogP contribution in [0.4, 0.5) is 11.4 Å². The number of nitro benzene ring substituents is 1. The number of benzene rings is 1. The smallest absolute Gasteiger partial charge is 0.293 e. The number of carbonyl (C=O) groups is 1. The summed E-state index contributed by atoms with van der Waals surface area (Å²) in [6, 6.07) is 4.73. The summed E-state index contributed by atoms with van der Waals surface area (Å²) in [5, 5.41) is 13.7. The molecule has 1 amide bonds. The normalized spacial score (nSPS) is 17.5. The molecule has 6 nitrogen and oxygen atoms in total. The molecule has 0 aliphatic heterocycles. The van der Waals surface area contributed by atoms with Gasteiger partial charge in [-0.1, -0.05) is 25.3 Å². The molecule has 0 bridgehead atoms. The molecule has 0 heterocycles. The van der Waals surface area contributed by atoms with Gasteiger partial charge >= 0.3 is 0 Å². The molecule has 0 spiro atoms. The van der Waals surface area contributed by atoms with E-state index in [0.29, 0.717) is 12.8 Å². The van der Waals surface area contributed by atoms with Gasteiger partial charge in [-0.25, -0.2) is 0 Å². The van der Waals surface area contributed by atoms with E-state index in [-0.39, 0.29) is 17.3 Å². The minimum atomic E-state index is -0.906. The van der Waals surface area contributed by atoms with E-state index in [1.54, 1.807) is 19.1 Å². The van der Waals surface area contributed by atoms with Gasteiger partial charge in [-0.3, -0.25) is 14.9 Å². The summed E-state index contributed by atoms with van der Waals surface area (Å²) < 4.78 is 0. The summed E-state index contributed by atoms with van der Waals surface area (Å²) in [6.45, 7) is 1.77. The zero-order chi connectivity index (χ0) is 14.8. The highest BCUT2D eigenvalue weighted by molar-refractivity contribution is 5.99. The van der Waals surface area contributed by atoms with Crippen molar-refractivity contribution in [1.82, 2.24) is 0 Å². The minimum absolute atomic E-state index is 0.0993. The summed E-state index contributed by atoms with van der Waals surface area (Å²) >= 11 is 0. The van der Waals surface area contributed by atoms with Crippen molar-refractivity contribution in [2.45, 2.75) is 44.6 Å². The Morgan fingerprint density at radius 3 is 2.60 bits per heavy atom. The number of anilines is 1. The van der Waals surface area contributed by atoms with E-state index in [0.717, 1.165) is 24.8 Å². The summed E-state index contributed by atoms with van der Waals surface area (Å²) in [4.78, 5) is 22.8. The molecule has 0 saturated heterocycles. The Labute approximate surface area is 117 Å². The van der Waals surface area contributed by atoms with Gasteiger partial charge in [0.05, 0.1) is 10.5 Å². The van der Waals surface area contributed by atoms with E-state index < -0.39 is 10.5 Å². The second-order valence-corrected chi connectivity index (χ2v) is 5.45. The molecule has 1 aromatic rings. The third-order valence-corrected chi connectivity index (χ3v) is 3.80. The summed E-state index contributed by atoms with van der Waals surface area (Å²) in [7, 11) is 0. The van der Waals surface area contributed by atoms with Crippen molar-refractivity contribution in [1.29, 1.82) is 0 Å². The molecule has 1 fully saturated rings. The van der Waals surface area contributed by atoms with Crippen LogP contribution in [0.15, 0.2) is 18.2 Å². The van der Waals surface area contributed by atoms with Crippen LogP contribution < -0.4 is 11.1 Å². The van der Waals surface area contributed by atoms with E-state index in [1.807, 2.05) is 0 Å². The van der Waals surface area contributed by atoms with Crippen LogP contribution in [0, 0.1) is 17.0 Å². The molecule has 0 radical (unpaired) electrons. The van der Waals surface area contributed by atoms with Crippen molar-refractivity contribution in [3.63, 3.8) is 0 Å². The molecule has 6 heteroatoms. The Bertz CT molecular complexity index is 536. The highest BCUT2D eigenvalue weighted by Gasteiger charge is 2.36. The molecule has 0 atom stereocenters. The Morgan fingerprint density at radius 2 is 2.00 bits per heavy atom. The van der Waals surface area contributed by atoms with Gasteiger partial charge in [0.25, 0.3) is 5.69 Å². The van der Waals surface area contributed by atoms with Crippen molar-refractivity contribution in [2.24, 2.45) is 5.73 Å². The molecule has 0 unspecified atom stereocenters. The maximum absolute atomic E-state index is 12.3. The van der Waals surface area contributed by atoms with Crippen molar-refractivity contribution < 1.29 is 9.72 Å². The van der Waals surface area contributed by atoms with E-state index in [2.05, 4.69) is 5.32 Å². The average Bonchev–Trinajstić information content (AvgIpc) is 2.41. The number of nitrogens with two attached hydrogens (primary N) is 1. The summed E-state index contributed by atoms with van der Waals surface area (Å²) in [5.41, 5.74) is 6.10. The number of hydrogen-bond donors (Lipinski definition) is 2. The zero-order valence-electron chi connectivity index (χ0n) is 11.5. The van der Waals surface area contributed by atoms with Gasteiger partial charge in [-0.2, -0.15) is 0 Å². The summed E-state index contributed by atoms with van der Waals surface area (Å²) in [5.74, 6) is -0.329. The van der Waals surface area contributed by atoms with Crippen LogP contribution in [0.1, 0.15) is 37.7 Å². The number of amides is 1. The molecular formula is C14H19N3O3. The van der Waals surface area contributed by atoms with Crippen molar-refractivity contribution in [3.05, 3.63) is 33.9 Å². The maximum atomic E-state index is 12.3. The molecule has 20 heavy (non-hydrogen) atoms. The number of nitrogens with one attached hydrogen (secondary N) is 1. The highest BCUT2D eigenvalue weighted by Crippen LogP contribution is 2.30. The fourth-order valence-corrected chi connectivity index (χ4v) is 2.55.